The summed E-state index contributed by atoms with van der Waals surface area (Å²) in [5.74, 6) is -1.15. The SMILES string of the molecule is CCOC(=O)c1cc(C#N)c(N2CCCCC2)nc1C(F)(F)F. The Labute approximate surface area is 131 Å². The van der Waals surface area contributed by atoms with Gasteiger partial charge in [-0.25, -0.2) is 9.78 Å². The summed E-state index contributed by atoms with van der Waals surface area (Å²) in [5, 5.41) is 9.23. The van der Waals surface area contributed by atoms with Gasteiger partial charge < -0.3 is 9.64 Å². The summed E-state index contributed by atoms with van der Waals surface area (Å²) in [6, 6.07) is 2.76. The van der Waals surface area contributed by atoms with Gasteiger partial charge >= 0.3 is 12.1 Å². The maximum absolute atomic E-state index is 13.3. The van der Waals surface area contributed by atoms with Crippen molar-refractivity contribution < 1.29 is 22.7 Å². The van der Waals surface area contributed by atoms with Gasteiger partial charge in [0.25, 0.3) is 0 Å². The molecular formula is C15H16F3N3O2. The molecule has 0 radical (unpaired) electrons. The van der Waals surface area contributed by atoms with Crippen molar-refractivity contribution in [3.8, 4) is 6.07 Å². The van der Waals surface area contributed by atoms with Crippen LogP contribution in [-0.2, 0) is 10.9 Å². The van der Waals surface area contributed by atoms with Crippen LogP contribution in [0.2, 0.25) is 0 Å². The second-order valence-corrected chi connectivity index (χ2v) is 5.13. The summed E-state index contributed by atoms with van der Waals surface area (Å²) in [5.41, 5.74) is -2.09. The highest BCUT2D eigenvalue weighted by atomic mass is 19.4. The first kappa shape index (κ1) is 17.1. The van der Waals surface area contributed by atoms with E-state index >= 15 is 0 Å². The average Bonchev–Trinajstić information content (AvgIpc) is 2.53. The molecular weight excluding hydrogens is 311 g/mol. The molecule has 1 aromatic rings. The number of anilines is 1. The molecule has 1 saturated heterocycles. The van der Waals surface area contributed by atoms with Crippen LogP contribution >= 0.6 is 0 Å². The third kappa shape index (κ3) is 3.73. The number of pyridine rings is 1. The quantitative estimate of drug-likeness (QED) is 0.798. The molecule has 0 unspecified atom stereocenters. The van der Waals surface area contributed by atoms with Crippen molar-refractivity contribution in [1.29, 1.82) is 5.26 Å². The molecule has 0 amide bonds. The molecule has 1 aromatic heterocycles. The minimum Gasteiger partial charge on any atom is -0.462 e. The van der Waals surface area contributed by atoms with Gasteiger partial charge in [0.1, 0.15) is 11.9 Å². The largest absolute Gasteiger partial charge is 0.462 e. The number of carbonyl (C=O) groups excluding carboxylic acids is 1. The summed E-state index contributed by atoms with van der Waals surface area (Å²) < 4.78 is 44.4. The van der Waals surface area contributed by atoms with Gasteiger partial charge in [-0.2, -0.15) is 18.4 Å². The molecule has 0 saturated carbocycles. The first-order valence-corrected chi connectivity index (χ1v) is 7.33. The molecule has 1 aliphatic rings. The number of rotatable bonds is 3. The number of aromatic nitrogens is 1. The molecule has 1 fully saturated rings. The molecule has 0 bridgehead atoms. The Hall–Kier alpha value is -2.30. The van der Waals surface area contributed by atoms with E-state index in [1.54, 1.807) is 4.90 Å². The van der Waals surface area contributed by atoms with E-state index in [1.807, 2.05) is 6.07 Å². The summed E-state index contributed by atoms with van der Waals surface area (Å²) >= 11 is 0. The standard InChI is InChI=1S/C15H16F3N3O2/c1-2-23-14(22)11-8-10(9-19)13(20-12(11)15(16,17)18)21-6-4-3-5-7-21/h8H,2-7H2,1H3. The normalized spacial score (nSPS) is 15.2. The third-order valence-corrected chi connectivity index (χ3v) is 3.54. The topological polar surface area (TPSA) is 66.2 Å². The summed E-state index contributed by atoms with van der Waals surface area (Å²) in [6.45, 7) is 2.51. The lowest BCUT2D eigenvalue weighted by Crippen LogP contribution is -2.32. The minimum absolute atomic E-state index is 0.0208. The van der Waals surface area contributed by atoms with Crippen LogP contribution in [0.4, 0.5) is 19.0 Å². The zero-order valence-corrected chi connectivity index (χ0v) is 12.6. The number of carbonyl (C=O) groups is 1. The van der Waals surface area contributed by atoms with E-state index in [1.165, 1.54) is 6.92 Å². The van der Waals surface area contributed by atoms with Crippen LogP contribution < -0.4 is 4.90 Å². The summed E-state index contributed by atoms with van der Waals surface area (Å²) in [4.78, 5) is 17.1. The summed E-state index contributed by atoms with van der Waals surface area (Å²) in [6.07, 6.45) is -2.16. The second kappa shape index (κ2) is 6.86. The van der Waals surface area contributed by atoms with E-state index in [2.05, 4.69) is 9.72 Å². The average molecular weight is 327 g/mol. The van der Waals surface area contributed by atoms with Crippen LogP contribution in [0.5, 0.6) is 0 Å². The lowest BCUT2D eigenvalue weighted by molar-refractivity contribution is -0.141. The molecule has 8 heteroatoms. The molecule has 0 atom stereocenters. The predicted molar refractivity (Wildman–Crippen MR) is 76.0 cm³/mol. The Morgan fingerprint density at radius 1 is 1.39 bits per heavy atom. The zero-order valence-electron chi connectivity index (χ0n) is 12.6. The van der Waals surface area contributed by atoms with Crippen LogP contribution in [0, 0.1) is 11.3 Å². The maximum Gasteiger partial charge on any atom is 0.434 e. The molecule has 124 valence electrons. The molecule has 2 heterocycles. The van der Waals surface area contributed by atoms with Gasteiger partial charge in [-0.15, -0.1) is 0 Å². The lowest BCUT2D eigenvalue weighted by atomic mass is 10.1. The predicted octanol–water partition coefficient (Wildman–Crippen LogP) is 3.14. The molecule has 2 rings (SSSR count). The number of halogens is 3. The smallest absolute Gasteiger partial charge is 0.434 e. The molecule has 0 N–H and O–H groups in total. The van der Waals surface area contributed by atoms with Crippen molar-refractivity contribution in [2.75, 3.05) is 24.6 Å². The Balaban J connectivity index is 2.56. The van der Waals surface area contributed by atoms with Crippen LogP contribution in [0.25, 0.3) is 0 Å². The highest BCUT2D eigenvalue weighted by Gasteiger charge is 2.39. The van der Waals surface area contributed by atoms with E-state index in [9.17, 15) is 23.2 Å². The Morgan fingerprint density at radius 2 is 2.04 bits per heavy atom. The number of hydrogen-bond acceptors (Lipinski definition) is 5. The maximum atomic E-state index is 13.3. The number of hydrogen-bond donors (Lipinski definition) is 0. The van der Waals surface area contributed by atoms with E-state index in [4.69, 9.17) is 0 Å². The van der Waals surface area contributed by atoms with Gasteiger partial charge in [-0.1, -0.05) is 0 Å². The van der Waals surface area contributed by atoms with Gasteiger partial charge in [0.05, 0.1) is 17.7 Å². The number of nitriles is 1. The number of alkyl halides is 3. The van der Waals surface area contributed by atoms with E-state index in [0.29, 0.717) is 13.1 Å². The van der Waals surface area contributed by atoms with E-state index < -0.39 is 23.4 Å². The Bertz CT molecular complexity index is 632. The monoisotopic (exact) mass is 327 g/mol. The van der Waals surface area contributed by atoms with Gasteiger partial charge in [0.15, 0.2) is 5.69 Å². The van der Waals surface area contributed by atoms with Crippen LogP contribution in [0.1, 0.15) is 47.8 Å². The second-order valence-electron chi connectivity index (χ2n) is 5.13. The molecule has 0 spiro atoms. The van der Waals surface area contributed by atoms with Gasteiger partial charge in [-0.3, -0.25) is 0 Å². The fourth-order valence-corrected chi connectivity index (χ4v) is 2.51. The van der Waals surface area contributed by atoms with Crippen LogP contribution in [0.15, 0.2) is 6.07 Å². The van der Waals surface area contributed by atoms with Crippen molar-refractivity contribution in [3.05, 3.63) is 22.9 Å². The molecule has 1 aliphatic heterocycles. The molecule has 0 aliphatic carbocycles. The van der Waals surface area contributed by atoms with Crippen molar-refractivity contribution in [3.63, 3.8) is 0 Å². The number of esters is 1. The Morgan fingerprint density at radius 3 is 2.57 bits per heavy atom. The van der Waals surface area contributed by atoms with Gasteiger partial charge in [0, 0.05) is 13.1 Å². The molecule has 5 nitrogen and oxygen atoms in total. The fourth-order valence-electron chi connectivity index (χ4n) is 2.51. The number of piperidine rings is 1. The number of ether oxygens (including phenoxy) is 1. The lowest BCUT2D eigenvalue weighted by Gasteiger charge is -2.29. The molecule has 23 heavy (non-hydrogen) atoms. The van der Waals surface area contributed by atoms with Crippen molar-refractivity contribution in [1.82, 2.24) is 4.98 Å². The Kier molecular flexibility index (Phi) is 5.08. The van der Waals surface area contributed by atoms with Crippen LogP contribution in [0.3, 0.4) is 0 Å². The van der Waals surface area contributed by atoms with Crippen LogP contribution in [-0.4, -0.2) is 30.6 Å². The van der Waals surface area contributed by atoms with E-state index in [-0.39, 0.29) is 18.0 Å². The highest BCUT2D eigenvalue weighted by molar-refractivity contribution is 5.92. The number of nitrogens with zero attached hydrogens (tertiary/aromatic N) is 3. The zero-order chi connectivity index (χ0) is 17.0. The van der Waals surface area contributed by atoms with Crippen molar-refractivity contribution in [2.24, 2.45) is 0 Å². The first-order valence-electron chi connectivity index (χ1n) is 7.33. The van der Waals surface area contributed by atoms with Gasteiger partial charge in [0.2, 0.25) is 0 Å². The third-order valence-electron chi connectivity index (χ3n) is 3.54. The fraction of sp³-hybridized carbons (Fsp3) is 0.533. The van der Waals surface area contributed by atoms with Crippen molar-refractivity contribution in [2.45, 2.75) is 32.4 Å². The minimum atomic E-state index is -4.80. The van der Waals surface area contributed by atoms with E-state index in [0.717, 1.165) is 25.3 Å². The van der Waals surface area contributed by atoms with Crippen molar-refractivity contribution >= 4 is 11.8 Å². The van der Waals surface area contributed by atoms with Gasteiger partial charge in [-0.05, 0) is 32.3 Å². The first-order chi connectivity index (χ1) is 10.9. The summed E-state index contributed by atoms with van der Waals surface area (Å²) in [7, 11) is 0. The molecule has 0 aromatic carbocycles. The highest BCUT2D eigenvalue weighted by Crippen LogP contribution is 2.34.